The van der Waals surface area contributed by atoms with Gasteiger partial charge in [-0.1, -0.05) is 62.6 Å². The summed E-state index contributed by atoms with van der Waals surface area (Å²) in [5.74, 6) is -0.427. The summed E-state index contributed by atoms with van der Waals surface area (Å²) in [6.45, 7) is 2.20. The molecule has 0 fully saturated rings. The second-order valence-electron chi connectivity index (χ2n) is 4.58. The number of carbonyl (C=O) groups is 1. The van der Waals surface area contributed by atoms with Gasteiger partial charge in [-0.2, -0.15) is 0 Å². The van der Waals surface area contributed by atoms with Gasteiger partial charge in [0.2, 0.25) is 0 Å². The lowest BCUT2D eigenvalue weighted by atomic mass is 9.90. The molecular formula is C16H22O2. The van der Waals surface area contributed by atoms with E-state index in [0.717, 1.165) is 12.8 Å². The molecule has 1 aromatic rings. The van der Waals surface area contributed by atoms with Crippen LogP contribution < -0.4 is 0 Å². The minimum absolute atomic E-state index is 0.438. The number of allylic oxidation sites excluding steroid dienone is 1. The molecule has 2 heteroatoms. The molecule has 98 valence electrons. The van der Waals surface area contributed by atoms with Gasteiger partial charge in [0.15, 0.2) is 0 Å². The standard InChI is InChI=1S/C16H22O2/c1-2-3-5-9-15(12-8-13-16(17)18)14-10-6-4-7-11-14/h4,6-8,10-11,13,15H,2-3,5,9,12H2,1H3,(H,17,18)/b13-8+. The van der Waals surface area contributed by atoms with Gasteiger partial charge in [0.05, 0.1) is 0 Å². The highest BCUT2D eigenvalue weighted by Gasteiger charge is 2.09. The molecule has 0 heterocycles. The van der Waals surface area contributed by atoms with Crippen molar-refractivity contribution in [3.8, 4) is 0 Å². The van der Waals surface area contributed by atoms with Crippen molar-refractivity contribution in [3.63, 3.8) is 0 Å². The van der Waals surface area contributed by atoms with Crippen molar-refractivity contribution in [3.05, 3.63) is 48.0 Å². The molecule has 1 aromatic carbocycles. The average Bonchev–Trinajstić information content (AvgIpc) is 2.38. The maximum absolute atomic E-state index is 10.5. The Morgan fingerprint density at radius 3 is 2.61 bits per heavy atom. The van der Waals surface area contributed by atoms with E-state index in [2.05, 4.69) is 19.1 Å². The summed E-state index contributed by atoms with van der Waals surface area (Å²) in [6, 6.07) is 10.4. The number of carboxylic acids is 1. The third-order valence-electron chi connectivity index (χ3n) is 3.11. The van der Waals surface area contributed by atoms with Gasteiger partial charge in [0.1, 0.15) is 0 Å². The van der Waals surface area contributed by atoms with Crippen molar-refractivity contribution < 1.29 is 9.90 Å². The fourth-order valence-corrected chi connectivity index (χ4v) is 2.12. The van der Waals surface area contributed by atoms with Gasteiger partial charge in [-0.05, 0) is 24.3 Å². The van der Waals surface area contributed by atoms with Crippen LogP contribution in [-0.4, -0.2) is 11.1 Å². The summed E-state index contributed by atoms with van der Waals surface area (Å²) in [4.78, 5) is 10.5. The molecule has 0 radical (unpaired) electrons. The van der Waals surface area contributed by atoms with E-state index in [1.807, 2.05) is 18.2 Å². The highest BCUT2D eigenvalue weighted by molar-refractivity contribution is 5.79. The molecule has 2 nitrogen and oxygen atoms in total. The zero-order valence-electron chi connectivity index (χ0n) is 11.0. The van der Waals surface area contributed by atoms with Crippen LogP contribution in [0.5, 0.6) is 0 Å². The van der Waals surface area contributed by atoms with Gasteiger partial charge >= 0.3 is 5.97 Å². The molecule has 0 bridgehead atoms. The molecule has 0 saturated carbocycles. The molecule has 0 amide bonds. The lowest BCUT2D eigenvalue weighted by Crippen LogP contribution is -1.98. The third-order valence-corrected chi connectivity index (χ3v) is 3.11. The Kier molecular flexibility index (Phi) is 6.85. The average molecular weight is 246 g/mol. The summed E-state index contributed by atoms with van der Waals surface area (Å²) in [5, 5.41) is 8.62. The first-order valence-electron chi connectivity index (χ1n) is 6.68. The highest BCUT2D eigenvalue weighted by Crippen LogP contribution is 2.26. The monoisotopic (exact) mass is 246 g/mol. The first-order chi connectivity index (χ1) is 8.74. The Morgan fingerprint density at radius 2 is 2.00 bits per heavy atom. The Hall–Kier alpha value is -1.57. The van der Waals surface area contributed by atoms with Crippen LogP contribution >= 0.6 is 0 Å². The van der Waals surface area contributed by atoms with Crippen LogP contribution in [0.3, 0.4) is 0 Å². The summed E-state index contributed by atoms with van der Waals surface area (Å²) in [7, 11) is 0. The maximum Gasteiger partial charge on any atom is 0.327 e. The highest BCUT2D eigenvalue weighted by atomic mass is 16.4. The lowest BCUT2D eigenvalue weighted by Gasteiger charge is -2.15. The molecular weight excluding hydrogens is 224 g/mol. The van der Waals surface area contributed by atoms with Crippen LogP contribution in [0.1, 0.15) is 50.5 Å². The third kappa shape index (κ3) is 5.67. The molecule has 0 aliphatic carbocycles. The topological polar surface area (TPSA) is 37.3 Å². The molecule has 1 unspecified atom stereocenters. The quantitative estimate of drug-likeness (QED) is 0.546. The largest absolute Gasteiger partial charge is 0.478 e. The second kappa shape index (κ2) is 8.51. The van der Waals surface area contributed by atoms with E-state index < -0.39 is 5.97 Å². The maximum atomic E-state index is 10.5. The van der Waals surface area contributed by atoms with Crippen LogP contribution in [0.25, 0.3) is 0 Å². The Balaban J connectivity index is 2.60. The predicted octanol–water partition coefficient (Wildman–Crippen LogP) is 4.38. The van der Waals surface area contributed by atoms with Crippen LogP contribution in [0, 0.1) is 0 Å². The molecule has 0 spiro atoms. The molecule has 0 aliphatic heterocycles. The number of hydrogen-bond acceptors (Lipinski definition) is 1. The number of benzene rings is 1. The Labute approximate surface area is 109 Å². The molecule has 0 aliphatic rings. The van der Waals surface area contributed by atoms with Gasteiger partial charge in [-0.3, -0.25) is 0 Å². The number of carboxylic acid groups (broad SMARTS) is 1. The fourth-order valence-electron chi connectivity index (χ4n) is 2.12. The molecule has 0 aromatic heterocycles. The van der Waals surface area contributed by atoms with Crippen LogP contribution in [0.15, 0.2) is 42.5 Å². The van der Waals surface area contributed by atoms with Crippen LogP contribution in [0.2, 0.25) is 0 Å². The fraction of sp³-hybridized carbons (Fsp3) is 0.438. The van der Waals surface area contributed by atoms with Crippen LogP contribution in [0.4, 0.5) is 0 Å². The smallest absolute Gasteiger partial charge is 0.327 e. The summed E-state index contributed by atoms with van der Waals surface area (Å²) in [6.07, 6.45) is 8.61. The van der Waals surface area contributed by atoms with Gasteiger partial charge in [0.25, 0.3) is 0 Å². The molecule has 0 saturated heterocycles. The van der Waals surface area contributed by atoms with Crippen molar-refractivity contribution in [2.45, 2.75) is 44.9 Å². The molecule has 1 rings (SSSR count). The van der Waals surface area contributed by atoms with Crippen molar-refractivity contribution in [2.24, 2.45) is 0 Å². The van der Waals surface area contributed by atoms with Crippen molar-refractivity contribution in [1.82, 2.24) is 0 Å². The first kappa shape index (κ1) is 14.5. The van der Waals surface area contributed by atoms with E-state index in [-0.39, 0.29) is 0 Å². The molecule has 1 atom stereocenters. The first-order valence-corrected chi connectivity index (χ1v) is 6.68. The van der Waals surface area contributed by atoms with Gasteiger partial charge < -0.3 is 5.11 Å². The second-order valence-corrected chi connectivity index (χ2v) is 4.58. The minimum atomic E-state index is -0.865. The lowest BCUT2D eigenvalue weighted by molar-refractivity contribution is -0.131. The number of unbranched alkanes of at least 4 members (excludes halogenated alkanes) is 2. The van der Waals surface area contributed by atoms with E-state index in [1.165, 1.54) is 30.9 Å². The van der Waals surface area contributed by atoms with E-state index in [4.69, 9.17) is 5.11 Å². The van der Waals surface area contributed by atoms with E-state index >= 15 is 0 Å². The van der Waals surface area contributed by atoms with Crippen molar-refractivity contribution >= 4 is 5.97 Å². The number of rotatable bonds is 8. The zero-order valence-corrected chi connectivity index (χ0v) is 11.0. The Bertz CT molecular complexity index is 368. The van der Waals surface area contributed by atoms with Crippen molar-refractivity contribution in [1.29, 1.82) is 0 Å². The van der Waals surface area contributed by atoms with Gasteiger partial charge in [-0.15, -0.1) is 0 Å². The summed E-state index contributed by atoms with van der Waals surface area (Å²) in [5.41, 5.74) is 1.31. The van der Waals surface area contributed by atoms with E-state index in [0.29, 0.717) is 5.92 Å². The minimum Gasteiger partial charge on any atom is -0.478 e. The number of aliphatic carboxylic acids is 1. The molecule has 1 N–H and O–H groups in total. The SMILES string of the molecule is CCCCCC(C/C=C/C(=O)O)c1ccccc1. The normalized spacial score (nSPS) is 12.7. The summed E-state index contributed by atoms with van der Waals surface area (Å²) >= 11 is 0. The van der Waals surface area contributed by atoms with E-state index in [9.17, 15) is 4.79 Å². The van der Waals surface area contributed by atoms with E-state index in [1.54, 1.807) is 6.08 Å². The van der Waals surface area contributed by atoms with Gasteiger partial charge in [0, 0.05) is 6.08 Å². The zero-order chi connectivity index (χ0) is 13.2. The summed E-state index contributed by atoms with van der Waals surface area (Å²) < 4.78 is 0. The van der Waals surface area contributed by atoms with Crippen LogP contribution in [-0.2, 0) is 4.79 Å². The molecule has 18 heavy (non-hydrogen) atoms. The van der Waals surface area contributed by atoms with Gasteiger partial charge in [-0.25, -0.2) is 4.79 Å². The Morgan fingerprint density at radius 1 is 1.28 bits per heavy atom. The predicted molar refractivity (Wildman–Crippen MR) is 74.7 cm³/mol. The number of hydrogen-bond donors (Lipinski definition) is 1. The van der Waals surface area contributed by atoms with Crippen molar-refractivity contribution in [2.75, 3.05) is 0 Å².